The van der Waals surface area contributed by atoms with Crippen LogP contribution in [0.3, 0.4) is 0 Å². The molecule has 33 heavy (non-hydrogen) atoms. The number of rotatable bonds is 4. The van der Waals surface area contributed by atoms with E-state index >= 15 is 0 Å². The van der Waals surface area contributed by atoms with Crippen LogP contribution in [0.5, 0.6) is 0 Å². The minimum atomic E-state index is -1.83. The third kappa shape index (κ3) is 3.05. The number of ether oxygens (including phenoxy) is 2. The summed E-state index contributed by atoms with van der Waals surface area (Å²) in [7, 11) is -0.454. The summed E-state index contributed by atoms with van der Waals surface area (Å²) in [5, 5.41) is 0. The van der Waals surface area contributed by atoms with Crippen LogP contribution in [-0.2, 0) is 29.9 Å². The molecule has 1 fully saturated rings. The molecule has 1 aromatic carbocycles. The minimum absolute atomic E-state index is 0.0415. The zero-order valence-corrected chi connectivity index (χ0v) is 19.6. The molecule has 2 aromatic rings. The van der Waals surface area contributed by atoms with Crippen molar-refractivity contribution in [2.24, 2.45) is 11.3 Å². The molecule has 1 aliphatic heterocycles. The number of allylic oxidation sites excluding steroid dienone is 3. The van der Waals surface area contributed by atoms with Crippen molar-refractivity contribution in [1.29, 1.82) is 0 Å². The number of hydrogen-bond acceptors (Lipinski definition) is 6. The van der Waals surface area contributed by atoms with Gasteiger partial charge in [-0.15, -0.1) is 0 Å². The van der Waals surface area contributed by atoms with Gasteiger partial charge in [0.15, 0.2) is 11.5 Å². The summed E-state index contributed by atoms with van der Waals surface area (Å²) in [5.74, 6) is -0.495. The summed E-state index contributed by atoms with van der Waals surface area (Å²) in [6.45, 7) is 4.00. The highest BCUT2D eigenvalue weighted by molar-refractivity contribution is 7.87. The van der Waals surface area contributed by atoms with E-state index in [2.05, 4.69) is 0 Å². The van der Waals surface area contributed by atoms with Gasteiger partial charge in [-0.1, -0.05) is 30.7 Å². The topological polar surface area (TPSA) is 82.8 Å². The van der Waals surface area contributed by atoms with E-state index < -0.39 is 33.0 Å². The van der Waals surface area contributed by atoms with Crippen molar-refractivity contribution in [1.82, 2.24) is 0 Å². The van der Waals surface area contributed by atoms with Crippen LogP contribution in [-0.4, -0.2) is 34.2 Å². The van der Waals surface area contributed by atoms with E-state index in [9.17, 15) is 13.8 Å². The van der Waals surface area contributed by atoms with E-state index in [1.165, 1.54) is 13.2 Å². The highest BCUT2D eigenvalue weighted by Gasteiger charge is 2.70. The van der Waals surface area contributed by atoms with E-state index in [1.54, 1.807) is 31.4 Å². The lowest BCUT2D eigenvalue weighted by atomic mass is 9.55. The van der Waals surface area contributed by atoms with Crippen LogP contribution in [0.1, 0.15) is 37.2 Å². The maximum atomic E-state index is 14.5. The van der Waals surface area contributed by atoms with Crippen LogP contribution >= 0.6 is 0 Å². The molecule has 0 N–H and O–H groups in total. The third-order valence-corrected chi connectivity index (χ3v) is 9.61. The molecule has 2 aliphatic carbocycles. The molecule has 1 aromatic heterocycles. The molecule has 5 rings (SSSR count). The molecule has 0 saturated carbocycles. The molecule has 2 heterocycles. The molecule has 1 saturated heterocycles. The fraction of sp³-hybridized carbons (Fsp3) is 0.385. The molecule has 3 aliphatic rings. The summed E-state index contributed by atoms with van der Waals surface area (Å²) in [6, 6.07) is 10.9. The van der Waals surface area contributed by atoms with Gasteiger partial charge in [-0.25, -0.2) is 0 Å². The van der Waals surface area contributed by atoms with Crippen molar-refractivity contribution < 1.29 is 27.7 Å². The van der Waals surface area contributed by atoms with Crippen molar-refractivity contribution in [3.05, 3.63) is 77.5 Å². The molecular weight excluding hydrogens is 440 g/mol. The lowest BCUT2D eigenvalue weighted by Gasteiger charge is -2.55. The summed E-state index contributed by atoms with van der Waals surface area (Å²) in [6.07, 6.45) is 5.12. The van der Waals surface area contributed by atoms with Gasteiger partial charge in [0.05, 0.1) is 36.2 Å². The number of furan rings is 1. The Balaban J connectivity index is 1.73. The number of hydrogen-bond donors (Lipinski definition) is 0. The van der Waals surface area contributed by atoms with Crippen LogP contribution in [0, 0.1) is 18.3 Å². The highest BCUT2D eigenvalue weighted by atomic mass is 32.2. The van der Waals surface area contributed by atoms with Gasteiger partial charge >= 0.3 is 0 Å². The molecule has 0 bridgehead atoms. The molecular formula is C26H26O6S. The second-order valence-corrected chi connectivity index (χ2v) is 10.8. The number of carbonyl (C=O) groups is 2. The van der Waals surface area contributed by atoms with E-state index in [0.717, 1.165) is 11.1 Å². The maximum absolute atomic E-state index is 14.5. The van der Waals surface area contributed by atoms with E-state index in [1.807, 2.05) is 31.2 Å². The third-order valence-electron chi connectivity index (χ3n) is 7.41. The molecule has 172 valence electrons. The van der Waals surface area contributed by atoms with Gasteiger partial charge in [-0.2, -0.15) is 0 Å². The van der Waals surface area contributed by atoms with Crippen molar-refractivity contribution in [2.75, 3.05) is 13.7 Å². The van der Waals surface area contributed by atoms with Gasteiger partial charge in [0, 0.05) is 16.9 Å². The number of methoxy groups -OCH3 is 1. The Hall–Kier alpha value is -2.77. The Labute approximate surface area is 195 Å². The number of carbonyl (C=O) groups excluding carboxylic acids is 2. The molecule has 6 nitrogen and oxygen atoms in total. The lowest BCUT2D eigenvalue weighted by Crippen LogP contribution is -2.68. The van der Waals surface area contributed by atoms with Crippen LogP contribution in [0.15, 0.2) is 75.5 Å². The zero-order valence-electron chi connectivity index (χ0n) is 18.8. The summed E-state index contributed by atoms with van der Waals surface area (Å²) < 4.78 is 30.0. The molecule has 7 heteroatoms. The second kappa shape index (κ2) is 7.92. The monoisotopic (exact) mass is 466 g/mol. The smallest absolute Gasteiger partial charge is 0.218 e. The maximum Gasteiger partial charge on any atom is 0.218 e. The predicted octanol–water partition coefficient (Wildman–Crippen LogP) is 4.23. The van der Waals surface area contributed by atoms with Crippen molar-refractivity contribution in [3.63, 3.8) is 0 Å². The fourth-order valence-electron chi connectivity index (χ4n) is 5.54. The number of fused-ring (bicyclic) bond motifs is 3. The number of aryl methyl sites for hydroxylation is 1. The summed E-state index contributed by atoms with van der Waals surface area (Å²) in [4.78, 5) is 28.2. The van der Waals surface area contributed by atoms with E-state index in [4.69, 9.17) is 13.9 Å². The van der Waals surface area contributed by atoms with Gasteiger partial charge in [0.1, 0.15) is 16.6 Å². The number of benzene rings is 1. The lowest BCUT2D eigenvalue weighted by molar-refractivity contribution is -0.140. The highest BCUT2D eigenvalue weighted by Crippen LogP contribution is 2.59. The Morgan fingerprint density at radius 2 is 1.91 bits per heavy atom. The van der Waals surface area contributed by atoms with E-state index in [-0.39, 0.29) is 23.9 Å². The summed E-state index contributed by atoms with van der Waals surface area (Å²) >= 11 is 0. The van der Waals surface area contributed by atoms with Gasteiger partial charge < -0.3 is 13.9 Å². The Morgan fingerprint density at radius 1 is 1.15 bits per heavy atom. The number of Topliss-reactive ketones (excluding diaryl/α,β-unsaturated/α-hetero) is 1. The van der Waals surface area contributed by atoms with Gasteiger partial charge in [0.2, 0.25) is 5.78 Å². The van der Waals surface area contributed by atoms with Crippen LogP contribution in [0.4, 0.5) is 0 Å². The first-order valence-electron chi connectivity index (χ1n) is 11.0. The van der Waals surface area contributed by atoms with Gasteiger partial charge in [-0.05, 0) is 49.6 Å². The zero-order chi connectivity index (χ0) is 23.4. The minimum Gasteiger partial charge on any atom is -0.493 e. The van der Waals surface area contributed by atoms with Gasteiger partial charge in [0.25, 0.3) is 0 Å². The van der Waals surface area contributed by atoms with Crippen LogP contribution in [0.2, 0.25) is 0 Å². The predicted molar refractivity (Wildman–Crippen MR) is 122 cm³/mol. The fourth-order valence-corrected chi connectivity index (χ4v) is 7.66. The summed E-state index contributed by atoms with van der Waals surface area (Å²) in [5.41, 5.74) is 0.739. The van der Waals surface area contributed by atoms with Crippen LogP contribution in [0.25, 0.3) is 0 Å². The van der Waals surface area contributed by atoms with Gasteiger partial charge in [-0.3, -0.25) is 13.8 Å². The standard InChI is InChI=1S/C26H26O6S/c1-16-6-8-18(9-7-16)33(29)26-19-13-21(20-5-4-12-31-20)32-15-17(19)10-11-25(26,2)23(27)14-22(30-3)24(26)28/h4-10,12,14,19,21H,11,13,15H2,1-3H3/t19-,21-,25-,26-,33-/m0/s1. The Morgan fingerprint density at radius 3 is 2.58 bits per heavy atom. The molecule has 0 radical (unpaired) electrons. The molecule has 0 spiro atoms. The van der Waals surface area contributed by atoms with Crippen molar-refractivity contribution in [3.8, 4) is 0 Å². The molecule has 5 atom stereocenters. The first-order chi connectivity index (χ1) is 15.8. The SMILES string of the molecule is COC1=CC(=O)[C@]2(C)CC=C3CO[C@H](c4ccco4)C[C@@H]3[C@]2([S@@](=O)c2ccc(C)cc2)C1=O. The van der Waals surface area contributed by atoms with Crippen molar-refractivity contribution in [2.45, 2.75) is 42.4 Å². The first-order valence-corrected chi connectivity index (χ1v) is 12.2. The average Bonchev–Trinajstić information content (AvgIpc) is 3.36. The first kappa shape index (κ1) is 22.0. The molecule has 0 unspecified atom stereocenters. The number of ketones is 2. The Bertz CT molecular complexity index is 1190. The van der Waals surface area contributed by atoms with Crippen molar-refractivity contribution >= 4 is 22.4 Å². The largest absolute Gasteiger partial charge is 0.493 e. The average molecular weight is 467 g/mol. The quantitative estimate of drug-likeness (QED) is 0.627. The molecule has 0 amide bonds. The van der Waals surface area contributed by atoms with E-state index in [0.29, 0.717) is 23.5 Å². The normalized spacial score (nSPS) is 32.3. The second-order valence-electron chi connectivity index (χ2n) is 9.14. The van der Waals surface area contributed by atoms with Crippen LogP contribution < -0.4 is 0 Å². The Kier molecular flexibility index (Phi) is 5.29.